The van der Waals surface area contributed by atoms with Crippen molar-refractivity contribution in [3.8, 4) is 0 Å². The highest BCUT2D eigenvalue weighted by molar-refractivity contribution is 5.87. The van der Waals surface area contributed by atoms with E-state index in [1.807, 2.05) is 26.0 Å². The molecule has 0 fully saturated rings. The van der Waals surface area contributed by atoms with Gasteiger partial charge in [-0.3, -0.25) is 4.79 Å². The lowest BCUT2D eigenvalue weighted by molar-refractivity contribution is -0.112. The molecule has 1 nitrogen and oxygen atoms in total. The molecule has 2 aliphatic rings. The third-order valence-electron chi connectivity index (χ3n) is 15.7. The summed E-state index contributed by atoms with van der Waals surface area (Å²) in [5, 5.41) is 0. The number of carbonyl (C=O) groups is 1. The second-order valence-corrected chi connectivity index (χ2v) is 27.7. The molecule has 0 aromatic carbocycles. The van der Waals surface area contributed by atoms with Gasteiger partial charge in [-0.1, -0.05) is 301 Å². The molecule has 0 amide bonds. The van der Waals surface area contributed by atoms with E-state index in [4.69, 9.17) is 0 Å². The second-order valence-electron chi connectivity index (χ2n) is 27.7. The van der Waals surface area contributed by atoms with E-state index in [-0.39, 0.29) is 42.9 Å². The highest BCUT2D eigenvalue weighted by Crippen LogP contribution is 2.42. The molecule has 0 spiro atoms. The van der Waals surface area contributed by atoms with Crippen LogP contribution in [0.4, 0.5) is 0 Å². The van der Waals surface area contributed by atoms with Crippen molar-refractivity contribution >= 4 is 5.78 Å². The molecular weight excluding hydrogens is 1070 g/mol. The van der Waals surface area contributed by atoms with E-state index in [0.29, 0.717) is 10.8 Å². The van der Waals surface area contributed by atoms with E-state index >= 15 is 0 Å². The summed E-state index contributed by atoms with van der Waals surface area (Å²) in [7, 11) is 0. The topological polar surface area (TPSA) is 17.1 Å². The summed E-state index contributed by atoms with van der Waals surface area (Å²) in [6.45, 7) is 53.1. The van der Waals surface area contributed by atoms with Crippen LogP contribution in [-0.2, 0) is 4.79 Å². The van der Waals surface area contributed by atoms with Crippen molar-refractivity contribution in [3.63, 3.8) is 0 Å². The van der Waals surface area contributed by atoms with Gasteiger partial charge >= 0.3 is 0 Å². The van der Waals surface area contributed by atoms with Crippen molar-refractivity contribution in [1.29, 1.82) is 0 Å². The molecule has 0 saturated carbocycles. The smallest absolute Gasteiger partial charge is 0.152 e. The first kappa shape index (κ1) is 97.8. The summed E-state index contributed by atoms with van der Waals surface area (Å²) in [6.07, 6.45) is 69.4. The Hall–Kier alpha value is -4.75. The summed E-state index contributed by atoms with van der Waals surface area (Å²) in [6, 6.07) is 0. The monoisotopic (exact) mass is 1230 g/mol. The molecule has 89 heavy (non-hydrogen) atoms. The van der Waals surface area contributed by atoms with Gasteiger partial charge in [-0.05, 0) is 253 Å². The predicted molar refractivity (Wildman–Crippen MR) is 420 cm³/mol. The van der Waals surface area contributed by atoms with Crippen molar-refractivity contribution < 1.29 is 4.79 Å². The van der Waals surface area contributed by atoms with Crippen molar-refractivity contribution in [2.75, 3.05) is 0 Å². The van der Waals surface area contributed by atoms with Crippen molar-refractivity contribution in [2.24, 2.45) is 28.6 Å². The minimum Gasteiger partial charge on any atom is -0.295 e. The normalized spacial score (nSPS) is 16.2. The van der Waals surface area contributed by atoms with Crippen LogP contribution in [0.3, 0.4) is 0 Å². The van der Waals surface area contributed by atoms with E-state index < -0.39 is 0 Å². The van der Waals surface area contributed by atoms with Crippen LogP contribution in [0, 0.1) is 28.6 Å². The highest BCUT2D eigenvalue weighted by Gasteiger charge is 2.28. The lowest BCUT2D eigenvalue weighted by Crippen LogP contribution is -2.20. The van der Waals surface area contributed by atoms with Gasteiger partial charge in [-0.15, -0.1) is 0 Å². The Balaban J connectivity index is -0.000000199. The zero-order valence-corrected chi connectivity index (χ0v) is 59.7. The second kappa shape index (κ2) is 58.3. The maximum absolute atomic E-state index is 11.0. The third kappa shape index (κ3) is 58.1. The molecule has 0 atom stereocenters. The van der Waals surface area contributed by atoms with Crippen LogP contribution < -0.4 is 0 Å². The van der Waals surface area contributed by atoms with Crippen LogP contribution in [0.25, 0.3) is 0 Å². The Bertz CT molecular complexity index is 2410. The fraction of sp³-hybridized carbons (Fsp3) is 0.602. The van der Waals surface area contributed by atoms with E-state index in [1.165, 1.54) is 120 Å². The van der Waals surface area contributed by atoms with Gasteiger partial charge in [0.2, 0.25) is 0 Å². The number of allylic oxidation sites excluding steroid dienone is 34. The molecule has 0 unspecified atom stereocenters. The fourth-order valence-electron chi connectivity index (χ4n) is 10.2. The average Bonchev–Trinajstić information content (AvgIpc) is 3.25. The van der Waals surface area contributed by atoms with Gasteiger partial charge < -0.3 is 0 Å². The van der Waals surface area contributed by atoms with E-state index in [2.05, 4.69) is 255 Å². The molecule has 0 aromatic rings. The first-order chi connectivity index (χ1) is 39.4. The van der Waals surface area contributed by atoms with Gasteiger partial charge in [0.05, 0.1) is 0 Å². The van der Waals surface area contributed by atoms with Crippen LogP contribution in [-0.4, -0.2) is 5.78 Å². The number of carbonyl (C=O) groups excluding carboxylic acids is 1. The zero-order chi connectivity index (χ0) is 64.1. The number of ketones is 1. The minimum atomic E-state index is 0. The molecule has 0 saturated heterocycles. The van der Waals surface area contributed by atoms with Gasteiger partial charge in [-0.25, -0.2) is 0 Å². The predicted octanol–water partition coefficient (Wildman–Crippen LogP) is 30.7. The summed E-state index contributed by atoms with van der Waals surface area (Å²) >= 11 is 0. The first-order valence-corrected chi connectivity index (χ1v) is 33.2. The SMILES string of the molecule is C.C.C.C.C.CC(=CCC1=C(C)CCCC1(C)C)C/C=C\CCCC(C)C.CC(=O)C=C(C)CC/C=C(/C)CCC=C(C)CCC=C(C)C.CC(C=CC1=C(C)CCCC1(C)C)=C/C=C\C(C)=CCC(C)C.CC=CC=CC(C)=C/C=C\C(C)=CCC(C)C. The first-order valence-electron chi connectivity index (χ1n) is 33.2. The Morgan fingerprint density at radius 2 is 0.944 bits per heavy atom. The summed E-state index contributed by atoms with van der Waals surface area (Å²) < 4.78 is 0. The van der Waals surface area contributed by atoms with Gasteiger partial charge in [0.15, 0.2) is 5.78 Å². The van der Waals surface area contributed by atoms with Crippen LogP contribution in [0.15, 0.2) is 200 Å². The quantitative estimate of drug-likeness (QED) is 0.0303. The molecule has 0 aliphatic heterocycles. The molecular formula is C88H154O. The molecule has 0 N–H and O–H groups in total. The largest absolute Gasteiger partial charge is 0.295 e. The van der Waals surface area contributed by atoms with Gasteiger partial charge in [0, 0.05) is 0 Å². The maximum atomic E-state index is 11.0. The molecule has 0 heterocycles. The Kier molecular flexibility index (Phi) is 64.1. The van der Waals surface area contributed by atoms with Crippen LogP contribution in [0.2, 0.25) is 0 Å². The van der Waals surface area contributed by atoms with Crippen LogP contribution in [0.5, 0.6) is 0 Å². The van der Waals surface area contributed by atoms with E-state index in [0.717, 1.165) is 75.5 Å². The third-order valence-corrected chi connectivity index (χ3v) is 15.7. The maximum Gasteiger partial charge on any atom is 0.152 e. The molecule has 0 radical (unpaired) electrons. The number of hydrogen-bond donors (Lipinski definition) is 0. The van der Waals surface area contributed by atoms with E-state index in [9.17, 15) is 4.79 Å². The van der Waals surface area contributed by atoms with E-state index in [1.54, 1.807) is 29.7 Å². The van der Waals surface area contributed by atoms with Gasteiger partial charge in [-0.2, -0.15) is 0 Å². The van der Waals surface area contributed by atoms with Gasteiger partial charge in [0.1, 0.15) is 0 Å². The molecule has 2 aliphatic carbocycles. The number of rotatable bonds is 30. The molecule has 0 bridgehead atoms. The number of hydrogen-bond acceptors (Lipinski definition) is 1. The number of unbranched alkanes of at least 4 members (excludes halogenated alkanes) is 1. The molecule has 512 valence electrons. The minimum absolute atomic E-state index is 0. The molecule has 2 rings (SSSR count). The van der Waals surface area contributed by atoms with Crippen molar-refractivity contribution in [3.05, 3.63) is 200 Å². The van der Waals surface area contributed by atoms with Crippen LogP contribution in [0.1, 0.15) is 325 Å². The fourth-order valence-corrected chi connectivity index (χ4v) is 10.2. The Morgan fingerprint density at radius 1 is 0.483 bits per heavy atom. The lowest BCUT2D eigenvalue weighted by atomic mass is 9.71. The zero-order valence-electron chi connectivity index (χ0n) is 59.7. The highest BCUT2D eigenvalue weighted by atomic mass is 16.1. The molecule has 0 aromatic heterocycles. The lowest BCUT2D eigenvalue weighted by Gasteiger charge is -2.34. The summed E-state index contributed by atoms with van der Waals surface area (Å²) in [5.41, 5.74) is 19.4. The Morgan fingerprint density at radius 3 is 1.39 bits per heavy atom. The summed E-state index contributed by atoms with van der Waals surface area (Å²) in [5.74, 6) is 2.45. The van der Waals surface area contributed by atoms with Crippen LogP contribution >= 0.6 is 0 Å². The molecule has 1 heteroatoms. The van der Waals surface area contributed by atoms with Crippen molar-refractivity contribution in [2.45, 2.75) is 325 Å². The summed E-state index contributed by atoms with van der Waals surface area (Å²) in [4.78, 5) is 11.0. The van der Waals surface area contributed by atoms with Crippen molar-refractivity contribution in [1.82, 2.24) is 0 Å². The standard InChI is InChI=1S/C23H36.C22H38.C21H34O.C17H26.5CH4/c1-18(2)13-14-19(3)10-8-11-20(4)15-16-22-21(5)12-9-17-23(22,6)7;1-18(2)12-9-7-8-10-13-19(3)15-16-21-20(4)14-11-17-22(21,5)6;1-17(2)10-7-11-18(3)12-8-13-19(4)14-9-15-20(5)16-21(6)22;1-6-7-8-10-16(4)11-9-12-17(5)14-13-15(2)3;;;;;/h8,10-11,14-16,18H,9,12-13,17H2,1-7H3;8,10,15,18H,7,9,11-14,16-17H2,1-6H3;10,12,14,16H,7-9,11,13,15H2,1-6H3;6-12,14-15H,13H2,1-5H3;5*1H4/b10-8-,16-15?,19-14?,20-11?;10-8-,19-15?;18-12?,19-14-,20-16?;7-6?,10-8?,12-9-,16-11?,17-14?;;;;;. The average molecular weight is 1230 g/mol. The Labute approximate surface area is 561 Å². The van der Waals surface area contributed by atoms with Gasteiger partial charge in [0.25, 0.3) is 0 Å².